The van der Waals surface area contributed by atoms with Gasteiger partial charge in [-0.1, -0.05) is 27.7 Å². The zero-order valence-electron chi connectivity index (χ0n) is 15.1. The summed E-state index contributed by atoms with van der Waals surface area (Å²) in [6, 6.07) is 1.27. The second kappa shape index (κ2) is 6.62. The molecule has 0 bridgehead atoms. The minimum Gasteiger partial charge on any atom is -0.508 e. The molecule has 0 spiro atoms. The molecule has 0 heterocycles. The lowest BCUT2D eigenvalue weighted by Crippen LogP contribution is -2.06. The lowest BCUT2D eigenvalue weighted by atomic mass is 9.87. The van der Waals surface area contributed by atoms with Gasteiger partial charge in [-0.15, -0.1) is 0 Å². The fraction of sp³-hybridized carbons (Fsp3) is 0.700. The summed E-state index contributed by atoms with van der Waals surface area (Å²) in [4.78, 5) is 0. The van der Waals surface area contributed by atoms with Gasteiger partial charge in [0.1, 0.15) is 5.75 Å². The quantitative estimate of drug-likeness (QED) is 0.472. The van der Waals surface area contributed by atoms with Gasteiger partial charge in [-0.2, -0.15) is 0 Å². The fourth-order valence-electron chi connectivity index (χ4n) is 3.24. The molecule has 1 aromatic carbocycles. The van der Waals surface area contributed by atoms with Crippen molar-refractivity contribution >= 4 is 0 Å². The highest BCUT2D eigenvalue weighted by atomic mass is 16.3. The first-order valence-corrected chi connectivity index (χ1v) is 8.87. The number of hydrogen-bond donors (Lipinski definition) is 3. The molecule has 130 valence electrons. The van der Waals surface area contributed by atoms with Gasteiger partial charge in [-0.05, 0) is 62.2 Å². The van der Waals surface area contributed by atoms with E-state index in [0.717, 1.165) is 43.2 Å². The number of hydrogen-bond acceptors (Lipinski definition) is 3. The van der Waals surface area contributed by atoms with Gasteiger partial charge >= 0.3 is 0 Å². The van der Waals surface area contributed by atoms with E-state index >= 15 is 0 Å². The Labute approximate surface area is 140 Å². The number of phenolic OH excluding ortho intramolecular Hbond substituents is 3. The van der Waals surface area contributed by atoms with Crippen LogP contribution in [0.3, 0.4) is 0 Å². The molecule has 23 heavy (non-hydrogen) atoms. The first-order chi connectivity index (χ1) is 10.6. The van der Waals surface area contributed by atoms with Crippen molar-refractivity contribution in [3.05, 3.63) is 17.2 Å². The summed E-state index contributed by atoms with van der Waals surface area (Å²) in [6.45, 7) is 8.92. The molecule has 1 aromatic rings. The summed E-state index contributed by atoms with van der Waals surface area (Å²) >= 11 is 0. The van der Waals surface area contributed by atoms with E-state index < -0.39 is 0 Å². The maximum absolute atomic E-state index is 10.2. The van der Waals surface area contributed by atoms with E-state index in [9.17, 15) is 15.3 Å². The molecule has 3 nitrogen and oxygen atoms in total. The van der Waals surface area contributed by atoms with Crippen molar-refractivity contribution in [2.45, 2.75) is 79.1 Å². The molecule has 0 radical (unpaired) electrons. The average molecular weight is 320 g/mol. The lowest BCUT2D eigenvalue weighted by molar-refractivity contribution is 0.361. The van der Waals surface area contributed by atoms with E-state index in [1.54, 1.807) is 0 Å². The molecule has 0 amide bonds. The molecule has 0 aromatic heterocycles. The molecule has 0 aliphatic heterocycles. The lowest BCUT2D eigenvalue weighted by Gasteiger charge is -2.20. The first kappa shape index (κ1) is 18.0. The van der Waals surface area contributed by atoms with Gasteiger partial charge in [0.05, 0.1) is 0 Å². The Bertz CT molecular complexity index is 551. The molecule has 1 aliphatic carbocycles. The summed E-state index contributed by atoms with van der Waals surface area (Å²) < 4.78 is 0. The van der Waals surface area contributed by atoms with Crippen LogP contribution < -0.4 is 0 Å². The molecule has 1 aliphatic rings. The Kier molecular flexibility index (Phi) is 5.17. The van der Waals surface area contributed by atoms with E-state index in [-0.39, 0.29) is 22.7 Å². The highest BCUT2D eigenvalue weighted by Gasteiger charge is 2.36. The van der Waals surface area contributed by atoms with Crippen molar-refractivity contribution in [2.75, 3.05) is 0 Å². The third kappa shape index (κ3) is 5.05. The predicted octanol–water partition coefficient (Wildman–Crippen LogP) is 5.30. The van der Waals surface area contributed by atoms with Crippen LogP contribution in [0, 0.1) is 10.8 Å². The van der Waals surface area contributed by atoms with Crippen LogP contribution in [0.4, 0.5) is 0 Å². The van der Waals surface area contributed by atoms with Crippen LogP contribution in [0.1, 0.15) is 77.3 Å². The number of aromatic hydroxyl groups is 3. The van der Waals surface area contributed by atoms with Crippen molar-refractivity contribution < 1.29 is 15.3 Å². The summed E-state index contributed by atoms with van der Waals surface area (Å²) in [7, 11) is 0. The summed E-state index contributed by atoms with van der Waals surface area (Å²) in [5, 5.41) is 30.3. The second-order valence-electron chi connectivity index (χ2n) is 8.80. The van der Waals surface area contributed by atoms with Gasteiger partial charge in [0, 0.05) is 17.2 Å². The standard InChI is InChI=1S/C20H32O3/c1-19(2,3)9-5-7-14-15(8-6-10-20(4)11-12-20)18(23)17(22)13-16(14)21/h13,21-23H,5-12H2,1-4H3. The number of phenols is 3. The minimum absolute atomic E-state index is 0.0468. The van der Waals surface area contributed by atoms with Gasteiger partial charge in [-0.25, -0.2) is 0 Å². The topological polar surface area (TPSA) is 60.7 Å². The van der Waals surface area contributed by atoms with Gasteiger partial charge < -0.3 is 15.3 Å². The van der Waals surface area contributed by atoms with Crippen molar-refractivity contribution in [1.82, 2.24) is 0 Å². The molecule has 1 fully saturated rings. The van der Waals surface area contributed by atoms with Crippen LogP contribution in [0.25, 0.3) is 0 Å². The Morgan fingerprint density at radius 3 is 2.13 bits per heavy atom. The van der Waals surface area contributed by atoms with Gasteiger partial charge in [0.25, 0.3) is 0 Å². The van der Waals surface area contributed by atoms with Crippen LogP contribution in [-0.4, -0.2) is 15.3 Å². The number of rotatable bonds is 7. The van der Waals surface area contributed by atoms with Crippen molar-refractivity contribution in [3.8, 4) is 17.2 Å². The van der Waals surface area contributed by atoms with E-state index in [1.807, 2.05) is 0 Å². The fourth-order valence-corrected chi connectivity index (χ4v) is 3.24. The predicted molar refractivity (Wildman–Crippen MR) is 94.1 cm³/mol. The molecular formula is C20H32O3. The molecule has 0 saturated heterocycles. The van der Waals surface area contributed by atoms with Crippen LogP contribution in [0.2, 0.25) is 0 Å². The Morgan fingerprint density at radius 1 is 0.957 bits per heavy atom. The maximum Gasteiger partial charge on any atom is 0.161 e. The normalized spacial score (nSPS) is 16.5. The average Bonchev–Trinajstić information content (AvgIpc) is 3.15. The monoisotopic (exact) mass is 320 g/mol. The first-order valence-electron chi connectivity index (χ1n) is 8.87. The van der Waals surface area contributed by atoms with E-state index in [0.29, 0.717) is 11.8 Å². The zero-order valence-corrected chi connectivity index (χ0v) is 15.1. The van der Waals surface area contributed by atoms with Crippen LogP contribution in [0.15, 0.2) is 6.07 Å². The molecule has 0 unspecified atom stereocenters. The summed E-state index contributed by atoms with van der Waals surface area (Å²) in [5.74, 6) is -0.147. The SMILES string of the molecule is CC(C)(C)CCCc1c(O)cc(O)c(O)c1CCCC1(C)CC1. The van der Waals surface area contributed by atoms with Gasteiger partial charge in [0.15, 0.2) is 11.5 Å². The molecule has 2 rings (SSSR count). The Morgan fingerprint density at radius 2 is 1.57 bits per heavy atom. The molecule has 3 heteroatoms. The van der Waals surface area contributed by atoms with Crippen LogP contribution in [0.5, 0.6) is 17.2 Å². The van der Waals surface area contributed by atoms with Crippen molar-refractivity contribution in [3.63, 3.8) is 0 Å². The minimum atomic E-state index is -0.213. The van der Waals surface area contributed by atoms with Crippen LogP contribution >= 0.6 is 0 Å². The van der Waals surface area contributed by atoms with E-state index in [1.165, 1.54) is 18.9 Å². The molecule has 3 N–H and O–H groups in total. The Hall–Kier alpha value is -1.38. The highest BCUT2D eigenvalue weighted by molar-refractivity contribution is 5.55. The van der Waals surface area contributed by atoms with E-state index in [2.05, 4.69) is 27.7 Å². The van der Waals surface area contributed by atoms with Crippen molar-refractivity contribution in [1.29, 1.82) is 0 Å². The molecule has 1 saturated carbocycles. The summed E-state index contributed by atoms with van der Waals surface area (Å²) in [6.07, 6.45) is 8.20. The van der Waals surface area contributed by atoms with Crippen LogP contribution in [-0.2, 0) is 12.8 Å². The number of benzene rings is 1. The van der Waals surface area contributed by atoms with Gasteiger partial charge in [0.2, 0.25) is 0 Å². The Balaban J connectivity index is 2.09. The molecular weight excluding hydrogens is 288 g/mol. The van der Waals surface area contributed by atoms with Crippen molar-refractivity contribution in [2.24, 2.45) is 10.8 Å². The smallest absolute Gasteiger partial charge is 0.161 e. The third-order valence-electron chi connectivity index (χ3n) is 5.14. The zero-order chi connectivity index (χ0) is 17.3. The second-order valence-corrected chi connectivity index (χ2v) is 8.80. The van der Waals surface area contributed by atoms with Gasteiger partial charge in [-0.3, -0.25) is 0 Å². The summed E-state index contributed by atoms with van der Waals surface area (Å²) in [5.41, 5.74) is 2.29. The third-order valence-corrected chi connectivity index (χ3v) is 5.14. The maximum atomic E-state index is 10.2. The highest BCUT2D eigenvalue weighted by Crippen LogP contribution is 2.49. The van der Waals surface area contributed by atoms with E-state index in [4.69, 9.17) is 0 Å². The molecule has 0 atom stereocenters. The largest absolute Gasteiger partial charge is 0.508 e.